The topological polar surface area (TPSA) is 118 Å². The summed E-state index contributed by atoms with van der Waals surface area (Å²) >= 11 is 0. The molecule has 0 aromatic heterocycles. The van der Waals surface area contributed by atoms with Crippen molar-refractivity contribution in [1.29, 1.82) is 0 Å². The lowest BCUT2D eigenvalue weighted by Gasteiger charge is -2.62. The minimum atomic E-state index is -0.847. The van der Waals surface area contributed by atoms with E-state index in [0.29, 0.717) is 48.7 Å². The van der Waals surface area contributed by atoms with Crippen molar-refractivity contribution in [3.8, 4) is 5.75 Å². The second kappa shape index (κ2) is 18.9. The Labute approximate surface area is 342 Å². The molecule has 0 radical (unpaired) electrons. The van der Waals surface area contributed by atoms with Gasteiger partial charge >= 0.3 is 0 Å². The third-order valence-corrected chi connectivity index (χ3v) is 13.9. The first-order valence-corrected chi connectivity index (χ1v) is 21.6. The van der Waals surface area contributed by atoms with Crippen molar-refractivity contribution in [2.24, 2.45) is 35.0 Å². The van der Waals surface area contributed by atoms with Crippen molar-refractivity contribution >= 4 is 11.8 Å². The van der Waals surface area contributed by atoms with Gasteiger partial charge in [-0.05, 0) is 98.4 Å². The van der Waals surface area contributed by atoms with Crippen molar-refractivity contribution in [3.05, 3.63) is 65.2 Å². The van der Waals surface area contributed by atoms with Gasteiger partial charge in [-0.15, -0.1) is 0 Å². The van der Waals surface area contributed by atoms with Crippen LogP contribution in [0, 0.1) is 35.0 Å². The molecule has 11 nitrogen and oxygen atoms in total. The number of carbonyl (C=O) groups is 2. The van der Waals surface area contributed by atoms with E-state index in [1.807, 2.05) is 18.2 Å². The van der Waals surface area contributed by atoms with Crippen LogP contribution in [-0.4, -0.2) is 119 Å². The van der Waals surface area contributed by atoms with E-state index in [2.05, 4.69) is 80.1 Å². The summed E-state index contributed by atoms with van der Waals surface area (Å²) in [7, 11) is 3.48. The fourth-order valence-corrected chi connectivity index (χ4v) is 10.4. The zero-order valence-electron chi connectivity index (χ0n) is 35.9. The second-order valence-corrected chi connectivity index (χ2v) is 18.9. The minimum absolute atomic E-state index is 0.0151. The fraction of sp³-hybridized carbons (Fsp3) is 0.696. The molecule has 2 aromatic rings. The SMILES string of the molecule is CC(C)C[C@@H](CN1CCCC1)N(Cc1cccc(CN2O[C@@H](CO)[C@@H]([C@H](C)O)[C@H]2C(=O)N[C@H]2C[C@H]3C[C@@H]([C@@H]2C)C3(C)C)c1)Cc1ccccc1OCC(=O)N(C)C. The van der Waals surface area contributed by atoms with E-state index >= 15 is 0 Å². The zero-order valence-corrected chi connectivity index (χ0v) is 35.9. The van der Waals surface area contributed by atoms with Gasteiger partial charge in [0.05, 0.1) is 19.3 Å². The number of amides is 2. The Morgan fingerprint density at radius 2 is 1.74 bits per heavy atom. The number of hydroxylamine groups is 2. The lowest BCUT2D eigenvalue weighted by atomic mass is 9.45. The molecule has 2 bridgehead atoms. The number of hydrogen-bond acceptors (Lipinski definition) is 9. The summed E-state index contributed by atoms with van der Waals surface area (Å²) in [4.78, 5) is 39.8. The molecule has 2 heterocycles. The molecule has 7 rings (SSSR count). The smallest absolute Gasteiger partial charge is 0.259 e. The van der Waals surface area contributed by atoms with Gasteiger partial charge in [0.1, 0.15) is 17.9 Å². The van der Waals surface area contributed by atoms with Crippen LogP contribution in [-0.2, 0) is 34.1 Å². The molecule has 57 heavy (non-hydrogen) atoms. The Kier molecular flexibility index (Phi) is 14.4. The number of rotatable bonds is 18. The van der Waals surface area contributed by atoms with Crippen molar-refractivity contribution in [2.45, 2.75) is 124 Å². The summed E-state index contributed by atoms with van der Waals surface area (Å²) < 4.78 is 6.13. The molecule has 2 aliphatic heterocycles. The maximum atomic E-state index is 14.3. The Morgan fingerprint density at radius 3 is 2.39 bits per heavy atom. The predicted octanol–water partition coefficient (Wildman–Crippen LogP) is 5.33. The summed E-state index contributed by atoms with van der Waals surface area (Å²) in [6.07, 6.45) is 4.16. The van der Waals surface area contributed by atoms with E-state index in [0.717, 1.165) is 54.9 Å². The number of likely N-dealkylation sites (tertiary alicyclic amines) is 1. The summed E-state index contributed by atoms with van der Waals surface area (Å²) in [5.41, 5.74) is 3.49. The van der Waals surface area contributed by atoms with Gasteiger partial charge in [-0.3, -0.25) is 19.3 Å². The minimum Gasteiger partial charge on any atom is -0.483 e. The quantitative estimate of drug-likeness (QED) is 0.185. The third-order valence-electron chi connectivity index (χ3n) is 13.9. The molecule has 0 spiro atoms. The van der Waals surface area contributed by atoms with Gasteiger partial charge in [0, 0.05) is 57.3 Å². The van der Waals surface area contributed by atoms with Gasteiger partial charge in [-0.25, -0.2) is 0 Å². The number of fused-ring (bicyclic) bond motifs is 2. The molecule has 3 aliphatic carbocycles. The van der Waals surface area contributed by atoms with Crippen LogP contribution in [0.1, 0.15) is 90.3 Å². The average Bonchev–Trinajstić information content (AvgIpc) is 3.82. The Bertz CT molecular complexity index is 1640. The molecule has 2 aromatic carbocycles. The molecule has 9 atom stereocenters. The van der Waals surface area contributed by atoms with E-state index in [4.69, 9.17) is 9.57 Å². The molecule has 0 unspecified atom stereocenters. The van der Waals surface area contributed by atoms with Gasteiger partial charge in [-0.2, -0.15) is 5.06 Å². The van der Waals surface area contributed by atoms with Gasteiger partial charge in [-0.1, -0.05) is 77.1 Å². The molecule has 316 valence electrons. The number of nitrogens with one attached hydrogen (secondary N) is 1. The molecular formula is C46H71N5O6. The first-order valence-electron chi connectivity index (χ1n) is 21.6. The van der Waals surface area contributed by atoms with E-state index in [1.165, 1.54) is 19.3 Å². The number of para-hydroxylation sites is 1. The molecular weight excluding hydrogens is 719 g/mol. The molecule has 2 amide bonds. The van der Waals surface area contributed by atoms with Gasteiger partial charge in [0.2, 0.25) is 5.91 Å². The number of likely N-dealkylation sites (N-methyl/N-ethyl adjacent to an activating group) is 1. The number of hydrogen-bond donors (Lipinski definition) is 3. The lowest BCUT2D eigenvalue weighted by molar-refractivity contribution is -0.183. The number of ether oxygens (including phenoxy) is 1. The highest BCUT2D eigenvalue weighted by Crippen LogP contribution is 2.61. The lowest BCUT2D eigenvalue weighted by Crippen LogP contribution is -2.62. The van der Waals surface area contributed by atoms with Crippen LogP contribution in [0.2, 0.25) is 0 Å². The Morgan fingerprint density at radius 1 is 1.02 bits per heavy atom. The summed E-state index contributed by atoms with van der Waals surface area (Å²) in [5.74, 6) is 1.98. The zero-order chi connectivity index (χ0) is 41.0. The van der Waals surface area contributed by atoms with Crippen LogP contribution in [0.4, 0.5) is 0 Å². The number of benzene rings is 2. The van der Waals surface area contributed by atoms with Crippen LogP contribution in [0.15, 0.2) is 48.5 Å². The van der Waals surface area contributed by atoms with Crippen molar-refractivity contribution < 1.29 is 29.4 Å². The molecule has 5 fully saturated rings. The molecule has 11 heteroatoms. The first-order chi connectivity index (χ1) is 27.2. The van der Waals surface area contributed by atoms with E-state index < -0.39 is 24.2 Å². The molecule has 3 saturated carbocycles. The highest BCUT2D eigenvalue weighted by Gasteiger charge is 2.57. The standard InChI is InChI=1S/C46H71N5O6/c1-30(2)20-37(27-49-18-11-12-19-49)50(26-35-16-9-10-17-40(35)56-29-42(54)48(7)8)24-33-14-13-15-34(21-33)25-51-44(43(32(4)53)41(28-52)57-51)45(55)47-39-23-36-22-38(31(39)3)46(36,5)6/h9-10,13-17,21,30-32,36-39,41,43-44,52-53H,11-12,18-20,22-29H2,1-8H3,(H,47,55)/t31-,32-,36+,37-,38-,39-,41-,43+,44-/m0/s1. The fourth-order valence-electron chi connectivity index (χ4n) is 10.4. The Hall–Kier alpha value is -3.06. The highest BCUT2D eigenvalue weighted by molar-refractivity contribution is 5.83. The van der Waals surface area contributed by atoms with Crippen molar-refractivity contribution in [2.75, 3.05) is 46.9 Å². The number of carbonyl (C=O) groups excluding carboxylic acids is 2. The van der Waals surface area contributed by atoms with E-state index in [-0.39, 0.29) is 37.1 Å². The maximum absolute atomic E-state index is 14.3. The van der Waals surface area contributed by atoms with Gasteiger partial charge in [0.25, 0.3) is 5.91 Å². The van der Waals surface area contributed by atoms with E-state index in [1.54, 1.807) is 31.0 Å². The van der Waals surface area contributed by atoms with Crippen LogP contribution in [0.25, 0.3) is 0 Å². The van der Waals surface area contributed by atoms with Crippen molar-refractivity contribution in [1.82, 2.24) is 25.1 Å². The largest absolute Gasteiger partial charge is 0.483 e. The van der Waals surface area contributed by atoms with E-state index in [9.17, 15) is 19.8 Å². The monoisotopic (exact) mass is 790 g/mol. The maximum Gasteiger partial charge on any atom is 0.259 e. The van der Waals surface area contributed by atoms with Crippen LogP contribution in [0.3, 0.4) is 0 Å². The second-order valence-electron chi connectivity index (χ2n) is 18.9. The third kappa shape index (κ3) is 10.2. The number of aliphatic hydroxyl groups excluding tert-OH is 2. The van der Waals surface area contributed by atoms with Crippen LogP contribution in [0.5, 0.6) is 5.75 Å². The first kappa shape index (κ1) is 43.5. The van der Waals surface area contributed by atoms with Crippen LogP contribution < -0.4 is 10.1 Å². The molecule has 5 aliphatic rings. The normalized spacial score (nSPS) is 28.3. The average molecular weight is 790 g/mol. The highest BCUT2D eigenvalue weighted by atomic mass is 16.7. The van der Waals surface area contributed by atoms with Crippen molar-refractivity contribution in [3.63, 3.8) is 0 Å². The summed E-state index contributed by atoms with van der Waals surface area (Å²) in [6.45, 7) is 17.9. The van der Waals surface area contributed by atoms with Crippen LogP contribution >= 0.6 is 0 Å². The summed E-state index contributed by atoms with van der Waals surface area (Å²) in [5, 5.41) is 26.5. The number of aliphatic hydroxyl groups is 2. The number of nitrogens with zero attached hydrogens (tertiary/aromatic N) is 4. The Balaban J connectivity index is 1.23. The molecule has 2 saturated heterocycles. The molecule has 3 N–H and O–H groups in total. The predicted molar refractivity (Wildman–Crippen MR) is 223 cm³/mol. The summed E-state index contributed by atoms with van der Waals surface area (Å²) in [6, 6.07) is 16.2. The van der Waals surface area contributed by atoms with Gasteiger partial charge < -0.3 is 30.1 Å². The van der Waals surface area contributed by atoms with Gasteiger partial charge in [0.15, 0.2) is 6.61 Å².